The van der Waals surface area contributed by atoms with Crippen LogP contribution in [-0.4, -0.2) is 10.9 Å². The van der Waals surface area contributed by atoms with Crippen LogP contribution >= 0.6 is 11.6 Å². The van der Waals surface area contributed by atoms with Gasteiger partial charge in [0.2, 0.25) is 5.75 Å². The van der Waals surface area contributed by atoms with Crippen molar-refractivity contribution < 1.29 is 14.5 Å². The predicted molar refractivity (Wildman–Crippen MR) is 83.6 cm³/mol. The maximum atomic E-state index is 12.1. The zero-order valence-electron chi connectivity index (χ0n) is 12.1. The van der Waals surface area contributed by atoms with Gasteiger partial charge in [0.1, 0.15) is 0 Å². The molecule has 6 heteroatoms. The molecule has 0 aromatic heterocycles. The van der Waals surface area contributed by atoms with Crippen LogP contribution in [0, 0.1) is 10.1 Å². The quantitative estimate of drug-likeness (QED) is 0.357. The maximum absolute atomic E-state index is 12.1. The molecule has 5 nitrogen and oxygen atoms in total. The monoisotopic (exact) mass is 319 g/mol. The van der Waals surface area contributed by atoms with E-state index in [1.165, 1.54) is 24.3 Å². The molecule has 0 amide bonds. The predicted octanol–water partition coefficient (Wildman–Crippen LogP) is 4.59. The number of nitro benzene ring substituents is 1. The third-order valence-electron chi connectivity index (χ3n) is 3.13. The van der Waals surface area contributed by atoms with Crippen molar-refractivity contribution in [1.82, 2.24) is 0 Å². The van der Waals surface area contributed by atoms with Crippen LogP contribution in [0.3, 0.4) is 0 Å². The number of benzene rings is 2. The normalized spacial score (nSPS) is 10.5. The smallest absolute Gasteiger partial charge is 0.343 e. The number of halogens is 1. The highest BCUT2D eigenvalue weighted by Crippen LogP contribution is 2.31. The molecule has 2 rings (SSSR count). The van der Waals surface area contributed by atoms with E-state index in [4.69, 9.17) is 16.3 Å². The molecule has 0 N–H and O–H groups in total. The number of hydrogen-bond donors (Lipinski definition) is 0. The fourth-order valence-corrected chi connectivity index (χ4v) is 1.99. The van der Waals surface area contributed by atoms with E-state index in [0.29, 0.717) is 5.02 Å². The minimum atomic E-state index is -0.666. The average Bonchev–Trinajstić information content (AvgIpc) is 2.47. The Morgan fingerprint density at radius 1 is 1.18 bits per heavy atom. The van der Waals surface area contributed by atoms with Gasteiger partial charge < -0.3 is 4.74 Å². The summed E-state index contributed by atoms with van der Waals surface area (Å²) >= 11 is 5.76. The van der Waals surface area contributed by atoms with E-state index in [0.717, 1.165) is 5.56 Å². The second-order valence-corrected chi connectivity index (χ2v) is 5.47. The molecule has 0 aliphatic carbocycles. The number of esters is 1. The lowest BCUT2D eigenvalue weighted by atomic mass is 10.0. The van der Waals surface area contributed by atoms with E-state index in [9.17, 15) is 14.9 Å². The van der Waals surface area contributed by atoms with Crippen LogP contribution in [0.2, 0.25) is 5.02 Å². The molecule has 0 bridgehead atoms. The van der Waals surface area contributed by atoms with E-state index in [1.54, 1.807) is 18.2 Å². The summed E-state index contributed by atoms with van der Waals surface area (Å²) in [6.07, 6.45) is 0. The van der Waals surface area contributed by atoms with Gasteiger partial charge in [0, 0.05) is 11.1 Å². The van der Waals surface area contributed by atoms with Gasteiger partial charge in [-0.25, -0.2) is 4.79 Å². The largest absolute Gasteiger partial charge is 0.416 e. The summed E-state index contributed by atoms with van der Waals surface area (Å²) in [5, 5.41) is 11.6. The summed E-state index contributed by atoms with van der Waals surface area (Å²) in [7, 11) is 0. The lowest BCUT2D eigenvalue weighted by Crippen LogP contribution is -2.10. The number of carbonyl (C=O) groups is 1. The molecule has 0 aliphatic rings. The van der Waals surface area contributed by atoms with Crippen LogP contribution in [0.1, 0.15) is 35.7 Å². The summed E-state index contributed by atoms with van der Waals surface area (Å²) in [5.41, 5.74) is 0.880. The highest BCUT2D eigenvalue weighted by molar-refractivity contribution is 6.30. The number of nitro groups is 1. The molecule has 0 radical (unpaired) electrons. The summed E-state index contributed by atoms with van der Waals surface area (Å²) in [6, 6.07) is 10.6. The van der Waals surface area contributed by atoms with Crippen molar-refractivity contribution in [2.75, 3.05) is 0 Å². The van der Waals surface area contributed by atoms with Crippen LogP contribution in [-0.2, 0) is 0 Å². The third-order valence-corrected chi connectivity index (χ3v) is 3.38. The van der Waals surface area contributed by atoms with Gasteiger partial charge in [-0.2, -0.15) is 0 Å². The Labute approximate surface area is 132 Å². The maximum Gasteiger partial charge on any atom is 0.343 e. The van der Waals surface area contributed by atoms with E-state index < -0.39 is 10.9 Å². The fraction of sp³-hybridized carbons (Fsp3) is 0.188. The minimum Gasteiger partial charge on any atom is -0.416 e. The lowest BCUT2D eigenvalue weighted by molar-refractivity contribution is -0.385. The molecule has 22 heavy (non-hydrogen) atoms. The molecule has 0 saturated heterocycles. The molecule has 114 valence electrons. The van der Waals surface area contributed by atoms with Gasteiger partial charge in [0.25, 0.3) is 0 Å². The Morgan fingerprint density at radius 2 is 1.82 bits per heavy atom. The Morgan fingerprint density at radius 3 is 2.36 bits per heavy atom. The van der Waals surface area contributed by atoms with Crippen LogP contribution in [0.25, 0.3) is 0 Å². The van der Waals surface area contributed by atoms with Crippen molar-refractivity contribution in [1.29, 1.82) is 0 Å². The number of ether oxygens (including phenoxy) is 1. The van der Waals surface area contributed by atoms with Crippen molar-refractivity contribution in [2.45, 2.75) is 19.8 Å². The second-order valence-electron chi connectivity index (χ2n) is 5.04. The van der Waals surface area contributed by atoms with Crippen molar-refractivity contribution >= 4 is 23.3 Å². The summed E-state index contributed by atoms with van der Waals surface area (Å²) in [5.74, 6) is -0.564. The zero-order chi connectivity index (χ0) is 16.3. The van der Waals surface area contributed by atoms with Crippen molar-refractivity contribution in [3.05, 3.63) is 68.7 Å². The standard InChI is InChI=1S/C16H14ClNO4/c1-10(2)12-5-8-14(18(20)21)15(9-12)22-16(19)11-3-6-13(17)7-4-11/h3-10H,1-2H3. The van der Waals surface area contributed by atoms with Gasteiger partial charge in [-0.3, -0.25) is 10.1 Å². The Balaban J connectivity index is 2.34. The molecule has 0 fully saturated rings. The van der Waals surface area contributed by atoms with E-state index in [-0.39, 0.29) is 22.9 Å². The molecule has 0 saturated carbocycles. The molecule has 0 heterocycles. The first-order chi connectivity index (χ1) is 10.4. The summed E-state index contributed by atoms with van der Waals surface area (Å²) < 4.78 is 5.20. The van der Waals surface area contributed by atoms with Crippen molar-refractivity contribution in [3.8, 4) is 5.75 Å². The van der Waals surface area contributed by atoms with Gasteiger partial charge in [-0.15, -0.1) is 0 Å². The van der Waals surface area contributed by atoms with Gasteiger partial charge in [-0.1, -0.05) is 31.5 Å². The highest BCUT2D eigenvalue weighted by atomic mass is 35.5. The minimum absolute atomic E-state index is 0.0591. The zero-order valence-corrected chi connectivity index (χ0v) is 12.8. The first-order valence-corrected chi connectivity index (χ1v) is 7.02. The van der Waals surface area contributed by atoms with Gasteiger partial charge in [0.05, 0.1) is 10.5 Å². The first kappa shape index (κ1) is 16.0. The Hall–Kier alpha value is -2.40. The van der Waals surface area contributed by atoms with Crippen molar-refractivity contribution in [3.63, 3.8) is 0 Å². The lowest BCUT2D eigenvalue weighted by Gasteiger charge is -2.09. The molecule has 0 spiro atoms. The Bertz CT molecular complexity index is 711. The van der Waals surface area contributed by atoms with Crippen LogP contribution in [0.4, 0.5) is 5.69 Å². The van der Waals surface area contributed by atoms with E-state index >= 15 is 0 Å². The van der Waals surface area contributed by atoms with Crippen LogP contribution < -0.4 is 4.74 Å². The number of carbonyl (C=O) groups excluding carboxylic acids is 1. The summed E-state index contributed by atoms with van der Waals surface area (Å²) in [6.45, 7) is 3.90. The molecule has 0 aliphatic heterocycles. The molecule has 0 atom stereocenters. The van der Waals surface area contributed by atoms with Gasteiger partial charge >= 0.3 is 11.7 Å². The first-order valence-electron chi connectivity index (χ1n) is 6.64. The molecular formula is C16H14ClNO4. The second kappa shape index (κ2) is 6.58. The van der Waals surface area contributed by atoms with E-state index in [1.807, 2.05) is 13.8 Å². The summed E-state index contributed by atoms with van der Waals surface area (Å²) in [4.78, 5) is 22.6. The van der Waals surface area contributed by atoms with Crippen molar-refractivity contribution in [2.24, 2.45) is 0 Å². The van der Waals surface area contributed by atoms with Gasteiger partial charge in [-0.05, 0) is 41.8 Å². The topological polar surface area (TPSA) is 69.4 Å². The molecule has 2 aromatic rings. The molecule has 2 aromatic carbocycles. The number of hydrogen-bond acceptors (Lipinski definition) is 4. The van der Waals surface area contributed by atoms with Crippen LogP contribution in [0.5, 0.6) is 5.75 Å². The SMILES string of the molecule is CC(C)c1ccc([N+](=O)[O-])c(OC(=O)c2ccc(Cl)cc2)c1. The van der Waals surface area contributed by atoms with Crippen LogP contribution in [0.15, 0.2) is 42.5 Å². The van der Waals surface area contributed by atoms with Gasteiger partial charge in [0.15, 0.2) is 0 Å². The molecular weight excluding hydrogens is 306 g/mol. The fourth-order valence-electron chi connectivity index (χ4n) is 1.87. The Kier molecular flexibility index (Phi) is 4.78. The van der Waals surface area contributed by atoms with E-state index in [2.05, 4.69) is 0 Å². The number of nitrogens with zero attached hydrogens (tertiary/aromatic N) is 1. The highest BCUT2D eigenvalue weighted by Gasteiger charge is 2.20. The average molecular weight is 320 g/mol. The molecule has 0 unspecified atom stereocenters. The number of rotatable bonds is 4. The third kappa shape index (κ3) is 3.62.